The molecule has 1 aromatic carbocycles. The molecule has 2 rings (SSSR count). The van der Waals surface area contributed by atoms with Crippen molar-refractivity contribution < 1.29 is 0 Å². The van der Waals surface area contributed by atoms with Crippen molar-refractivity contribution in [2.24, 2.45) is 0 Å². The molecule has 0 aliphatic heterocycles. The van der Waals surface area contributed by atoms with Gasteiger partial charge in [0.2, 0.25) is 0 Å². The van der Waals surface area contributed by atoms with Gasteiger partial charge in [-0.05, 0) is 49.6 Å². The molecule has 0 atom stereocenters. The number of hydrogen-bond donors (Lipinski definition) is 2. The maximum Gasteiger partial charge on any atom is 0.153 e. The summed E-state index contributed by atoms with van der Waals surface area (Å²) in [5.74, 6) is 0.712. The lowest BCUT2D eigenvalue weighted by atomic mass is 10.1. The van der Waals surface area contributed by atoms with Crippen LogP contribution in [0.3, 0.4) is 0 Å². The Morgan fingerprint density at radius 1 is 1.18 bits per heavy atom. The molecule has 1 heterocycles. The summed E-state index contributed by atoms with van der Waals surface area (Å²) in [5, 5.41) is 3.27. The average molecular weight is 227 g/mol. The Bertz CT molecular complexity index is 547. The van der Waals surface area contributed by atoms with E-state index in [0.29, 0.717) is 11.5 Å². The van der Waals surface area contributed by atoms with Crippen LogP contribution in [0.25, 0.3) is 0 Å². The van der Waals surface area contributed by atoms with E-state index in [-0.39, 0.29) is 0 Å². The zero-order chi connectivity index (χ0) is 12.4. The van der Waals surface area contributed by atoms with Gasteiger partial charge in [-0.1, -0.05) is 12.1 Å². The molecule has 3 nitrogen and oxygen atoms in total. The summed E-state index contributed by atoms with van der Waals surface area (Å²) in [4.78, 5) is 4.31. The highest BCUT2D eigenvalue weighted by Crippen LogP contribution is 2.25. The predicted octanol–water partition coefficient (Wildman–Crippen LogP) is 3.33. The Labute approximate surface area is 102 Å². The average Bonchev–Trinajstić information content (AvgIpc) is 2.28. The van der Waals surface area contributed by atoms with E-state index in [4.69, 9.17) is 5.73 Å². The van der Waals surface area contributed by atoms with Crippen LogP contribution in [-0.4, -0.2) is 4.98 Å². The van der Waals surface area contributed by atoms with Crippen molar-refractivity contribution in [2.75, 3.05) is 11.1 Å². The largest absolute Gasteiger partial charge is 0.396 e. The minimum atomic E-state index is 0.672. The maximum absolute atomic E-state index is 5.93. The number of benzene rings is 1. The van der Waals surface area contributed by atoms with Crippen molar-refractivity contribution in [2.45, 2.75) is 20.8 Å². The summed E-state index contributed by atoms with van der Waals surface area (Å²) < 4.78 is 0. The number of rotatable bonds is 2. The number of hydrogen-bond acceptors (Lipinski definition) is 3. The molecule has 0 spiro atoms. The number of anilines is 3. The number of nitrogens with one attached hydrogen (secondary N) is 1. The van der Waals surface area contributed by atoms with Gasteiger partial charge in [0, 0.05) is 11.9 Å². The molecule has 0 unspecified atom stereocenters. The van der Waals surface area contributed by atoms with Gasteiger partial charge in [-0.3, -0.25) is 0 Å². The van der Waals surface area contributed by atoms with Crippen molar-refractivity contribution >= 4 is 17.2 Å². The Kier molecular flexibility index (Phi) is 3.00. The lowest BCUT2D eigenvalue weighted by Crippen LogP contribution is -2.01. The highest BCUT2D eigenvalue weighted by atomic mass is 15.0. The number of aryl methyl sites for hydroxylation is 2. The van der Waals surface area contributed by atoms with Gasteiger partial charge in [-0.15, -0.1) is 0 Å². The number of nitrogen functional groups attached to an aromatic ring is 1. The van der Waals surface area contributed by atoms with Gasteiger partial charge in [-0.25, -0.2) is 4.98 Å². The number of nitrogens with two attached hydrogens (primary N) is 1. The summed E-state index contributed by atoms with van der Waals surface area (Å²) in [6, 6.07) is 8.06. The van der Waals surface area contributed by atoms with Crippen LogP contribution in [0, 0.1) is 20.8 Å². The molecule has 3 N–H and O–H groups in total. The molecule has 3 heteroatoms. The Hall–Kier alpha value is -2.03. The van der Waals surface area contributed by atoms with Gasteiger partial charge in [-0.2, -0.15) is 0 Å². The van der Waals surface area contributed by atoms with Crippen molar-refractivity contribution in [3.8, 4) is 0 Å². The molecule has 0 aliphatic carbocycles. The molecule has 0 saturated heterocycles. The zero-order valence-electron chi connectivity index (χ0n) is 10.4. The van der Waals surface area contributed by atoms with Crippen LogP contribution in [0.15, 0.2) is 30.5 Å². The topological polar surface area (TPSA) is 50.9 Å². The van der Waals surface area contributed by atoms with Crippen LogP contribution in [0.5, 0.6) is 0 Å². The second-order valence-electron chi connectivity index (χ2n) is 4.32. The zero-order valence-corrected chi connectivity index (χ0v) is 10.4. The molecular formula is C14H17N3. The number of pyridine rings is 1. The molecule has 2 aromatic rings. The SMILES string of the molecule is Cc1cnc(Nc2cccc(C)c2C)c(N)c1. The van der Waals surface area contributed by atoms with Gasteiger partial charge < -0.3 is 11.1 Å². The van der Waals surface area contributed by atoms with E-state index in [2.05, 4.69) is 30.2 Å². The van der Waals surface area contributed by atoms with Crippen molar-refractivity contribution in [1.82, 2.24) is 4.98 Å². The maximum atomic E-state index is 5.93. The lowest BCUT2D eigenvalue weighted by molar-refractivity contribution is 1.25. The van der Waals surface area contributed by atoms with Crippen molar-refractivity contribution in [3.05, 3.63) is 47.2 Å². The lowest BCUT2D eigenvalue weighted by Gasteiger charge is -2.12. The second kappa shape index (κ2) is 4.45. The molecule has 88 valence electrons. The Balaban J connectivity index is 2.35. The van der Waals surface area contributed by atoms with E-state index in [0.717, 1.165) is 11.3 Å². The molecule has 0 saturated carbocycles. The first-order chi connectivity index (χ1) is 8.08. The third kappa shape index (κ3) is 2.38. The van der Waals surface area contributed by atoms with E-state index in [9.17, 15) is 0 Å². The summed E-state index contributed by atoms with van der Waals surface area (Å²) in [7, 11) is 0. The van der Waals surface area contributed by atoms with Gasteiger partial charge in [0.25, 0.3) is 0 Å². The van der Waals surface area contributed by atoms with Crippen molar-refractivity contribution in [1.29, 1.82) is 0 Å². The Morgan fingerprint density at radius 2 is 1.94 bits per heavy atom. The monoisotopic (exact) mass is 227 g/mol. The van der Waals surface area contributed by atoms with Crippen LogP contribution in [0.1, 0.15) is 16.7 Å². The summed E-state index contributed by atoms with van der Waals surface area (Å²) in [5.41, 5.74) is 11.2. The Morgan fingerprint density at radius 3 is 2.65 bits per heavy atom. The molecule has 0 amide bonds. The fraction of sp³-hybridized carbons (Fsp3) is 0.214. The fourth-order valence-electron chi connectivity index (χ4n) is 1.71. The van der Waals surface area contributed by atoms with E-state index < -0.39 is 0 Å². The molecule has 0 radical (unpaired) electrons. The van der Waals surface area contributed by atoms with E-state index in [1.54, 1.807) is 0 Å². The standard InChI is InChI=1S/C14H17N3/c1-9-7-12(15)14(16-8-9)17-13-6-4-5-10(2)11(13)3/h4-8H,15H2,1-3H3,(H,16,17). The van der Waals surface area contributed by atoms with E-state index in [1.807, 2.05) is 31.3 Å². The van der Waals surface area contributed by atoms with Crippen LogP contribution in [0.4, 0.5) is 17.2 Å². The molecule has 1 aromatic heterocycles. The normalized spacial score (nSPS) is 10.3. The number of nitrogens with zero attached hydrogens (tertiary/aromatic N) is 1. The first-order valence-corrected chi connectivity index (χ1v) is 5.63. The second-order valence-corrected chi connectivity index (χ2v) is 4.32. The third-order valence-electron chi connectivity index (χ3n) is 2.91. The van der Waals surface area contributed by atoms with Crippen LogP contribution < -0.4 is 11.1 Å². The molecule has 0 aliphatic rings. The minimum absolute atomic E-state index is 0.672. The highest BCUT2D eigenvalue weighted by Gasteiger charge is 2.04. The molecule has 0 fully saturated rings. The van der Waals surface area contributed by atoms with Gasteiger partial charge in [0.15, 0.2) is 5.82 Å². The van der Waals surface area contributed by atoms with E-state index >= 15 is 0 Å². The van der Waals surface area contributed by atoms with Gasteiger partial charge in [0.1, 0.15) is 0 Å². The van der Waals surface area contributed by atoms with E-state index in [1.165, 1.54) is 11.1 Å². The van der Waals surface area contributed by atoms with Crippen LogP contribution >= 0.6 is 0 Å². The molecular weight excluding hydrogens is 210 g/mol. The quantitative estimate of drug-likeness (QED) is 0.827. The van der Waals surface area contributed by atoms with Gasteiger partial charge >= 0.3 is 0 Å². The number of aromatic nitrogens is 1. The van der Waals surface area contributed by atoms with Crippen LogP contribution in [-0.2, 0) is 0 Å². The first kappa shape index (κ1) is 11.5. The molecule has 0 bridgehead atoms. The summed E-state index contributed by atoms with van der Waals surface area (Å²) in [6.07, 6.45) is 1.81. The summed E-state index contributed by atoms with van der Waals surface area (Å²) >= 11 is 0. The summed E-state index contributed by atoms with van der Waals surface area (Å²) in [6.45, 7) is 6.15. The fourth-order valence-corrected chi connectivity index (χ4v) is 1.71. The first-order valence-electron chi connectivity index (χ1n) is 5.63. The highest BCUT2D eigenvalue weighted by molar-refractivity contribution is 5.71. The smallest absolute Gasteiger partial charge is 0.153 e. The van der Waals surface area contributed by atoms with Crippen LogP contribution in [0.2, 0.25) is 0 Å². The molecule has 17 heavy (non-hydrogen) atoms. The predicted molar refractivity (Wildman–Crippen MR) is 72.6 cm³/mol. The van der Waals surface area contributed by atoms with Crippen molar-refractivity contribution in [3.63, 3.8) is 0 Å². The third-order valence-corrected chi connectivity index (χ3v) is 2.91. The minimum Gasteiger partial charge on any atom is -0.396 e. The van der Waals surface area contributed by atoms with Gasteiger partial charge in [0.05, 0.1) is 5.69 Å².